The monoisotopic (exact) mass is 241 g/mol. The fourth-order valence-corrected chi connectivity index (χ4v) is 3.08. The molecular weight excluding hydrogens is 226 g/mol. The molecule has 16 heavy (non-hydrogen) atoms. The number of hydrogen-bond donors (Lipinski definition) is 1. The Morgan fingerprint density at radius 2 is 2.12 bits per heavy atom. The quantitative estimate of drug-likeness (QED) is 0.842. The zero-order valence-electron chi connectivity index (χ0n) is 9.09. The first kappa shape index (κ1) is 11.4. The van der Waals surface area contributed by atoms with E-state index < -0.39 is 10.0 Å². The predicted octanol–water partition coefficient (Wildman–Crippen LogP) is 1.09. The number of primary sulfonamides is 1. The van der Waals surface area contributed by atoms with Crippen molar-refractivity contribution in [1.29, 1.82) is 0 Å². The Labute approximate surface area is 95.5 Å². The van der Waals surface area contributed by atoms with Gasteiger partial charge in [0, 0.05) is 5.92 Å². The van der Waals surface area contributed by atoms with Crippen LogP contribution in [0, 0.1) is 5.92 Å². The maximum Gasteiger partial charge on any atom is 0.209 e. The fourth-order valence-electron chi connectivity index (χ4n) is 2.07. The van der Waals surface area contributed by atoms with Crippen LogP contribution in [0.2, 0.25) is 0 Å². The second-order valence-corrected chi connectivity index (χ2v) is 5.92. The molecule has 0 saturated heterocycles. The van der Waals surface area contributed by atoms with Gasteiger partial charge in [-0.1, -0.05) is 25.1 Å². The zero-order valence-corrected chi connectivity index (χ0v) is 9.91. The second-order valence-electron chi connectivity index (χ2n) is 4.26. The van der Waals surface area contributed by atoms with Gasteiger partial charge in [-0.2, -0.15) is 0 Å². The van der Waals surface area contributed by atoms with Crippen molar-refractivity contribution < 1.29 is 13.2 Å². The topological polar surface area (TPSA) is 69.4 Å². The molecule has 1 heterocycles. The van der Waals surface area contributed by atoms with Gasteiger partial charge in [0.15, 0.2) is 0 Å². The normalized spacial score (nSPS) is 24.6. The van der Waals surface area contributed by atoms with Gasteiger partial charge in [-0.3, -0.25) is 0 Å². The molecule has 0 aromatic heterocycles. The third kappa shape index (κ3) is 2.36. The predicted molar refractivity (Wildman–Crippen MR) is 61.8 cm³/mol. The molecular formula is C11H15NO3S. The van der Waals surface area contributed by atoms with Crippen LogP contribution in [0.4, 0.5) is 0 Å². The van der Waals surface area contributed by atoms with E-state index in [2.05, 4.69) is 0 Å². The summed E-state index contributed by atoms with van der Waals surface area (Å²) in [5, 5.41) is 5.12. The van der Waals surface area contributed by atoms with Crippen molar-refractivity contribution in [3.05, 3.63) is 29.8 Å². The second kappa shape index (κ2) is 4.07. The summed E-state index contributed by atoms with van der Waals surface area (Å²) in [5.74, 6) is 0.844. The van der Waals surface area contributed by atoms with Gasteiger partial charge < -0.3 is 4.74 Å². The summed E-state index contributed by atoms with van der Waals surface area (Å²) < 4.78 is 27.9. The van der Waals surface area contributed by atoms with Crippen LogP contribution in [-0.2, 0) is 10.0 Å². The van der Waals surface area contributed by atoms with Crippen molar-refractivity contribution in [2.75, 3.05) is 12.4 Å². The maximum absolute atomic E-state index is 11.2. The Morgan fingerprint density at radius 3 is 2.81 bits per heavy atom. The highest BCUT2D eigenvalue weighted by Gasteiger charge is 2.30. The molecule has 5 heteroatoms. The molecule has 1 aromatic rings. The Morgan fingerprint density at radius 1 is 1.44 bits per heavy atom. The third-order valence-electron chi connectivity index (χ3n) is 2.92. The minimum absolute atomic E-state index is 0.0193. The van der Waals surface area contributed by atoms with Crippen LogP contribution in [0.5, 0.6) is 5.75 Å². The van der Waals surface area contributed by atoms with Gasteiger partial charge in [0.1, 0.15) is 5.75 Å². The minimum atomic E-state index is -3.45. The first-order valence-electron chi connectivity index (χ1n) is 5.19. The Bertz CT molecular complexity index is 484. The lowest BCUT2D eigenvalue weighted by Gasteiger charge is -2.30. The van der Waals surface area contributed by atoms with E-state index in [0.717, 1.165) is 11.3 Å². The Hall–Kier alpha value is -1.07. The van der Waals surface area contributed by atoms with Crippen molar-refractivity contribution in [3.8, 4) is 5.75 Å². The van der Waals surface area contributed by atoms with E-state index in [1.54, 1.807) is 0 Å². The Kier molecular flexibility index (Phi) is 2.90. The molecule has 0 spiro atoms. The van der Waals surface area contributed by atoms with Gasteiger partial charge in [-0.05, 0) is 17.5 Å². The zero-order chi connectivity index (χ0) is 11.8. The van der Waals surface area contributed by atoms with Crippen molar-refractivity contribution in [1.82, 2.24) is 0 Å². The molecule has 1 aromatic carbocycles. The number of nitrogens with two attached hydrogens (primary N) is 1. The lowest BCUT2D eigenvalue weighted by molar-refractivity contribution is 0.212. The van der Waals surface area contributed by atoms with Crippen LogP contribution >= 0.6 is 0 Å². The molecule has 2 rings (SSSR count). The molecule has 4 nitrogen and oxygen atoms in total. The summed E-state index contributed by atoms with van der Waals surface area (Å²) in [4.78, 5) is 0. The van der Waals surface area contributed by atoms with E-state index in [9.17, 15) is 8.42 Å². The van der Waals surface area contributed by atoms with Gasteiger partial charge in [-0.15, -0.1) is 0 Å². The molecule has 1 aliphatic heterocycles. The van der Waals surface area contributed by atoms with E-state index in [1.165, 1.54) is 0 Å². The molecule has 0 fully saturated rings. The van der Waals surface area contributed by atoms with Crippen molar-refractivity contribution in [3.63, 3.8) is 0 Å². The summed E-state index contributed by atoms with van der Waals surface area (Å²) in [7, 11) is -3.45. The number of sulfonamides is 1. The highest BCUT2D eigenvalue weighted by Crippen LogP contribution is 2.37. The van der Waals surface area contributed by atoms with Crippen LogP contribution in [0.25, 0.3) is 0 Å². The van der Waals surface area contributed by atoms with Gasteiger partial charge >= 0.3 is 0 Å². The molecule has 0 saturated carbocycles. The molecule has 0 aliphatic carbocycles. The standard InChI is InChI=1S/C11H15NO3S/c1-8-6-15-11-5-3-2-4-9(11)10(8)7-16(12,13)14/h2-5,8,10H,6-7H2,1H3,(H2,12,13,14)/t8-,10?/m0/s1. The smallest absolute Gasteiger partial charge is 0.209 e. The van der Waals surface area contributed by atoms with E-state index >= 15 is 0 Å². The summed E-state index contributed by atoms with van der Waals surface area (Å²) in [6.07, 6.45) is 0. The molecule has 88 valence electrons. The van der Waals surface area contributed by atoms with Crippen LogP contribution < -0.4 is 9.88 Å². The average molecular weight is 241 g/mol. The molecule has 1 unspecified atom stereocenters. The van der Waals surface area contributed by atoms with Crippen LogP contribution in [0.15, 0.2) is 24.3 Å². The van der Waals surface area contributed by atoms with Gasteiger partial charge in [-0.25, -0.2) is 13.6 Å². The molecule has 1 aliphatic rings. The molecule has 0 bridgehead atoms. The van der Waals surface area contributed by atoms with Gasteiger partial charge in [0.25, 0.3) is 0 Å². The summed E-state index contributed by atoms with van der Waals surface area (Å²) in [6, 6.07) is 7.53. The van der Waals surface area contributed by atoms with Crippen molar-refractivity contribution >= 4 is 10.0 Å². The van der Waals surface area contributed by atoms with E-state index in [0.29, 0.717) is 6.61 Å². The van der Waals surface area contributed by atoms with E-state index in [-0.39, 0.29) is 17.6 Å². The number of para-hydroxylation sites is 1. The minimum Gasteiger partial charge on any atom is -0.493 e. The molecule has 0 amide bonds. The number of benzene rings is 1. The summed E-state index contributed by atoms with van der Waals surface area (Å²) in [6.45, 7) is 2.52. The van der Waals surface area contributed by atoms with Crippen LogP contribution in [0.3, 0.4) is 0 Å². The first-order chi connectivity index (χ1) is 7.47. The summed E-state index contributed by atoms with van der Waals surface area (Å²) >= 11 is 0. The number of ether oxygens (including phenoxy) is 1. The lowest BCUT2D eigenvalue weighted by atomic mass is 9.87. The van der Waals surface area contributed by atoms with Gasteiger partial charge in [0.2, 0.25) is 10.0 Å². The number of hydrogen-bond acceptors (Lipinski definition) is 3. The fraction of sp³-hybridized carbons (Fsp3) is 0.455. The lowest BCUT2D eigenvalue weighted by Crippen LogP contribution is -2.31. The van der Waals surface area contributed by atoms with Gasteiger partial charge in [0.05, 0.1) is 12.4 Å². The highest BCUT2D eigenvalue weighted by atomic mass is 32.2. The number of fused-ring (bicyclic) bond motifs is 1. The molecule has 2 atom stereocenters. The van der Waals surface area contributed by atoms with Crippen molar-refractivity contribution in [2.24, 2.45) is 11.1 Å². The third-order valence-corrected chi connectivity index (χ3v) is 3.74. The molecule has 2 N–H and O–H groups in total. The van der Waals surface area contributed by atoms with E-state index in [1.807, 2.05) is 31.2 Å². The highest BCUT2D eigenvalue weighted by molar-refractivity contribution is 7.89. The SMILES string of the molecule is C[C@H]1COc2ccccc2C1CS(N)(=O)=O. The first-order valence-corrected chi connectivity index (χ1v) is 6.91. The Balaban J connectivity index is 2.37. The average Bonchev–Trinajstić information content (AvgIpc) is 2.21. The van der Waals surface area contributed by atoms with Crippen LogP contribution in [0.1, 0.15) is 18.4 Å². The van der Waals surface area contributed by atoms with Crippen LogP contribution in [-0.4, -0.2) is 20.8 Å². The maximum atomic E-state index is 11.2. The largest absolute Gasteiger partial charge is 0.493 e. The molecule has 0 radical (unpaired) electrons. The number of rotatable bonds is 2. The van der Waals surface area contributed by atoms with Crippen molar-refractivity contribution in [2.45, 2.75) is 12.8 Å². The van der Waals surface area contributed by atoms with E-state index in [4.69, 9.17) is 9.88 Å². The summed E-state index contributed by atoms with van der Waals surface area (Å²) in [5.41, 5.74) is 0.940.